The Balaban J connectivity index is 2.30. The lowest BCUT2D eigenvalue weighted by molar-refractivity contribution is -0.246. The van der Waals surface area contributed by atoms with Crippen LogP contribution in [0.2, 0.25) is 0 Å². The lowest BCUT2D eigenvalue weighted by Crippen LogP contribution is -2.14. The zero-order valence-electron chi connectivity index (χ0n) is 16.6. The van der Waals surface area contributed by atoms with Crippen molar-refractivity contribution in [3.63, 3.8) is 0 Å². The lowest BCUT2D eigenvalue weighted by Gasteiger charge is -2.06. The average molecular weight is 422 g/mol. The molecule has 0 aliphatic carbocycles. The molecule has 162 valence electrons. The molecule has 0 N–H and O–H groups in total. The van der Waals surface area contributed by atoms with Crippen molar-refractivity contribution in [3.8, 4) is 0 Å². The van der Waals surface area contributed by atoms with E-state index in [4.69, 9.17) is 9.47 Å². The topological polar surface area (TPSA) is 124 Å². The summed E-state index contributed by atoms with van der Waals surface area (Å²) >= 11 is 0. The Morgan fingerprint density at radius 3 is 1.30 bits per heavy atom. The van der Waals surface area contributed by atoms with Gasteiger partial charge in [-0.1, -0.05) is 13.2 Å². The molecule has 0 aromatic heterocycles. The zero-order chi connectivity index (χ0) is 22.5. The van der Waals surface area contributed by atoms with E-state index in [1.165, 1.54) is 38.1 Å². The van der Waals surface area contributed by atoms with Crippen LogP contribution in [0.1, 0.15) is 34.6 Å². The van der Waals surface area contributed by atoms with Crippen molar-refractivity contribution >= 4 is 23.9 Å². The summed E-state index contributed by atoms with van der Waals surface area (Å²) < 4.78 is 9.51. The number of esters is 2. The predicted octanol–water partition coefficient (Wildman–Crippen LogP) is 2.10. The van der Waals surface area contributed by atoms with E-state index >= 15 is 0 Å². The van der Waals surface area contributed by atoms with Crippen molar-refractivity contribution in [2.75, 3.05) is 26.4 Å². The van der Waals surface area contributed by atoms with Gasteiger partial charge >= 0.3 is 23.9 Å². The molecule has 0 atom stereocenters. The number of ether oxygens (including phenoxy) is 2. The summed E-state index contributed by atoms with van der Waals surface area (Å²) in [5, 5.41) is 0. The first kappa shape index (κ1) is 24.5. The molecule has 0 aliphatic heterocycles. The van der Waals surface area contributed by atoms with E-state index in [1.807, 2.05) is 0 Å². The van der Waals surface area contributed by atoms with Gasteiger partial charge in [-0.05, 0) is 38.1 Å². The molecule has 0 heterocycles. The van der Waals surface area contributed by atoms with E-state index in [0.717, 1.165) is 0 Å². The Morgan fingerprint density at radius 1 is 0.667 bits per heavy atom. The molecule has 0 aliphatic rings. The summed E-state index contributed by atoms with van der Waals surface area (Å²) in [6, 6.07) is 5.27. The van der Waals surface area contributed by atoms with E-state index in [2.05, 4.69) is 32.7 Å². The van der Waals surface area contributed by atoms with Crippen molar-refractivity contribution in [3.05, 3.63) is 59.7 Å². The van der Waals surface area contributed by atoms with Gasteiger partial charge in [-0.2, -0.15) is 9.78 Å². The zero-order valence-corrected chi connectivity index (χ0v) is 16.6. The highest BCUT2D eigenvalue weighted by molar-refractivity contribution is 5.93. The third-order valence-electron chi connectivity index (χ3n) is 3.12. The van der Waals surface area contributed by atoms with Crippen molar-refractivity contribution in [1.82, 2.24) is 0 Å². The molecule has 0 fully saturated rings. The summed E-state index contributed by atoms with van der Waals surface area (Å²) in [4.78, 5) is 64.4. The molecule has 1 aromatic carbocycles. The third kappa shape index (κ3) is 9.13. The average Bonchev–Trinajstić information content (AvgIpc) is 2.72. The molecule has 0 bridgehead atoms. The Morgan fingerprint density at radius 2 is 1.00 bits per heavy atom. The van der Waals surface area contributed by atoms with Gasteiger partial charge in [0.1, 0.15) is 26.4 Å². The SMILES string of the molecule is C=C(C)C(=O)OCCOOC(=O)c1ccc(C(=O)OOCCOC(=O)C(=C)C)cc1. The van der Waals surface area contributed by atoms with Gasteiger partial charge in [0.15, 0.2) is 0 Å². The summed E-state index contributed by atoms with van der Waals surface area (Å²) in [6.07, 6.45) is 0. The highest BCUT2D eigenvalue weighted by Gasteiger charge is 2.13. The second kappa shape index (κ2) is 12.9. The monoisotopic (exact) mass is 422 g/mol. The first-order valence-corrected chi connectivity index (χ1v) is 8.65. The van der Waals surface area contributed by atoms with Crippen LogP contribution in [-0.2, 0) is 38.6 Å². The highest BCUT2D eigenvalue weighted by atomic mass is 17.2. The fourth-order valence-electron chi connectivity index (χ4n) is 1.61. The van der Waals surface area contributed by atoms with Gasteiger partial charge in [-0.25, -0.2) is 19.2 Å². The number of carbonyl (C=O) groups is 4. The van der Waals surface area contributed by atoms with Crippen molar-refractivity contribution in [1.29, 1.82) is 0 Å². The normalized spacial score (nSPS) is 9.93. The molecular formula is C20H22O10. The minimum Gasteiger partial charge on any atom is -0.460 e. The first-order valence-electron chi connectivity index (χ1n) is 8.65. The molecule has 0 amide bonds. The Labute approximate surface area is 172 Å². The molecule has 1 aromatic rings. The molecule has 0 radical (unpaired) electrons. The molecule has 10 heteroatoms. The maximum atomic E-state index is 11.8. The number of carbonyl (C=O) groups excluding carboxylic acids is 4. The van der Waals surface area contributed by atoms with E-state index in [9.17, 15) is 19.2 Å². The second-order valence-corrected chi connectivity index (χ2v) is 5.80. The van der Waals surface area contributed by atoms with Crippen LogP contribution in [0.4, 0.5) is 0 Å². The maximum absolute atomic E-state index is 11.8. The number of hydrogen-bond donors (Lipinski definition) is 0. The molecule has 10 nitrogen and oxygen atoms in total. The molecule has 0 spiro atoms. The quantitative estimate of drug-likeness (QED) is 0.163. The Kier molecular flexibility index (Phi) is 10.5. The van der Waals surface area contributed by atoms with Crippen LogP contribution in [0.3, 0.4) is 0 Å². The van der Waals surface area contributed by atoms with Gasteiger partial charge in [0.25, 0.3) is 0 Å². The van der Waals surface area contributed by atoms with Crippen LogP contribution in [0.25, 0.3) is 0 Å². The van der Waals surface area contributed by atoms with Gasteiger partial charge < -0.3 is 9.47 Å². The molecule has 0 unspecified atom stereocenters. The van der Waals surface area contributed by atoms with Crippen LogP contribution in [0, 0.1) is 0 Å². The van der Waals surface area contributed by atoms with Crippen LogP contribution in [0.5, 0.6) is 0 Å². The summed E-state index contributed by atoms with van der Waals surface area (Å²) in [7, 11) is 0. The van der Waals surface area contributed by atoms with Crippen molar-refractivity contribution < 1.29 is 48.2 Å². The fraction of sp³-hybridized carbons (Fsp3) is 0.300. The Hall–Kier alpha value is -3.50. The summed E-state index contributed by atoms with van der Waals surface area (Å²) in [6.45, 7) is 9.28. The maximum Gasteiger partial charge on any atom is 0.373 e. The molecule has 1 rings (SSSR count). The van der Waals surface area contributed by atoms with E-state index in [-0.39, 0.29) is 48.7 Å². The van der Waals surface area contributed by atoms with Gasteiger partial charge in [0.2, 0.25) is 0 Å². The standard InChI is InChI=1S/C20H22O10/c1-13(2)17(21)25-9-11-27-29-19(23)15-5-7-16(8-6-15)20(24)30-28-12-10-26-18(22)14(3)4/h5-8H,1,3,9-12H2,2,4H3. The second-order valence-electron chi connectivity index (χ2n) is 5.80. The largest absolute Gasteiger partial charge is 0.460 e. The van der Waals surface area contributed by atoms with Crippen LogP contribution < -0.4 is 0 Å². The number of rotatable bonds is 12. The highest BCUT2D eigenvalue weighted by Crippen LogP contribution is 2.08. The van der Waals surface area contributed by atoms with E-state index in [0.29, 0.717) is 0 Å². The fourth-order valence-corrected chi connectivity index (χ4v) is 1.61. The van der Waals surface area contributed by atoms with Gasteiger partial charge in [-0.15, -0.1) is 0 Å². The first-order chi connectivity index (χ1) is 14.2. The predicted molar refractivity (Wildman–Crippen MR) is 101 cm³/mol. The van der Waals surface area contributed by atoms with E-state index in [1.54, 1.807) is 0 Å². The van der Waals surface area contributed by atoms with Crippen LogP contribution in [-0.4, -0.2) is 50.3 Å². The number of benzene rings is 1. The molecule has 0 saturated heterocycles. The van der Waals surface area contributed by atoms with Crippen LogP contribution >= 0.6 is 0 Å². The minimum atomic E-state index is -0.809. The third-order valence-corrected chi connectivity index (χ3v) is 3.12. The molecule has 0 saturated carbocycles. The van der Waals surface area contributed by atoms with Gasteiger partial charge in [0, 0.05) is 11.1 Å². The van der Waals surface area contributed by atoms with E-state index < -0.39 is 23.9 Å². The smallest absolute Gasteiger partial charge is 0.373 e. The van der Waals surface area contributed by atoms with Crippen molar-refractivity contribution in [2.24, 2.45) is 0 Å². The summed E-state index contributed by atoms with van der Waals surface area (Å²) in [5.74, 6) is -2.78. The number of hydrogen-bond acceptors (Lipinski definition) is 10. The van der Waals surface area contributed by atoms with Gasteiger partial charge in [0.05, 0.1) is 11.1 Å². The van der Waals surface area contributed by atoms with Crippen LogP contribution in [0.15, 0.2) is 48.6 Å². The summed E-state index contributed by atoms with van der Waals surface area (Å²) in [5.41, 5.74) is 0.695. The minimum absolute atomic E-state index is 0.109. The molecular weight excluding hydrogens is 400 g/mol. The molecule has 30 heavy (non-hydrogen) atoms. The van der Waals surface area contributed by atoms with Crippen molar-refractivity contribution in [2.45, 2.75) is 13.8 Å². The Bertz CT molecular complexity index is 727. The lowest BCUT2D eigenvalue weighted by atomic mass is 10.1. The van der Waals surface area contributed by atoms with Gasteiger partial charge in [-0.3, -0.25) is 9.78 Å².